The maximum atomic E-state index is 12.5. The Morgan fingerprint density at radius 2 is 1.64 bits per heavy atom. The van der Waals surface area contributed by atoms with Gasteiger partial charge in [-0.2, -0.15) is 0 Å². The molecule has 3 heterocycles. The third-order valence-electron chi connectivity index (χ3n) is 5.11. The van der Waals surface area contributed by atoms with Gasteiger partial charge >= 0.3 is 17.8 Å². The molecule has 0 aliphatic carbocycles. The van der Waals surface area contributed by atoms with Gasteiger partial charge in [0.25, 0.3) is 0 Å². The van der Waals surface area contributed by atoms with E-state index in [2.05, 4.69) is 11.9 Å². The molecule has 0 spiro atoms. The number of imide groups is 2. The molecule has 5 amide bonds. The summed E-state index contributed by atoms with van der Waals surface area (Å²) in [5.41, 5.74) is 0. The van der Waals surface area contributed by atoms with Crippen molar-refractivity contribution in [2.24, 2.45) is 11.8 Å². The Kier molecular flexibility index (Phi) is 6.18. The molecule has 3 saturated heterocycles. The molecule has 3 rings (SSSR count). The summed E-state index contributed by atoms with van der Waals surface area (Å²) in [7, 11) is 0. The van der Waals surface area contributed by atoms with Gasteiger partial charge in [0.2, 0.25) is 5.91 Å². The number of urea groups is 1. The van der Waals surface area contributed by atoms with Crippen molar-refractivity contribution in [3.05, 3.63) is 12.7 Å². The fourth-order valence-corrected chi connectivity index (χ4v) is 3.68. The lowest BCUT2D eigenvalue weighted by Gasteiger charge is -2.23. The van der Waals surface area contributed by atoms with Gasteiger partial charge in [-0.05, 0) is 37.8 Å². The number of carbonyl (C=O) groups is 4. The first-order valence-corrected chi connectivity index (χ1v) is 8.29. The molecule has 1 N–H and O–H groups in total. The van der Waals surface area contributed by atoms with E-state index >= 15 is 0 Å². The Hall–Kier alpha value is -1.93. The van der Waals surface area contributed by atoms with Gasteiger partial charge in [-0.15, -0.1) is 19.0 Å². The topological polar surface area (TPSA) is 90.0 Å². The van der Waals surface area contributed by atoms with E-state index in [1.165, 1.54) is 6.08 Å². The van der Waals surface area contributed by atoms with Crippen molar-refractivity contribution < 1.29 is 19.2 Å². The zero-order chi connectivity index (χ0) is 17.3. The Bertz CT molecular complexity index is 583. The van der Waals surface area contributed by atoms with E-state index in [4.69, 9.17) is 0 Å². The molecule has 3 fully saturated rings. The molecule has 0 aromatic carbocycles. The second kappa shape index (κ2) is 7.97. The van der Waals surface area contributed by atoms with Crippen LogP contribution >= 0.6 is 12.4 Å². The normalized spacial score (nSPS) is 26.4. The lowest BCUT2D eigenvalue weighted by atomic mass is 9.92. The molecule has 3 aliphatic rings. The molecule has 25 heavy (non-hydrogen) atoms. The highest BCUT2D eigenvalue weighted by Crippen LogP contribution is 2.27. The molecular weight excluding hydrogens is 348 g/mol. The molecule has 138 valence electrons. The predicted octanol–water partition coefficient (Wildman–Crippen LogP) is -0.157. The third-order valence-corrected chi connectivity index (χ3v) is 5.11. The number of nitrogens with zero attached hydrogens (tertiary/aromatic N) is 3. The predicted molar refractivity (Wildman–Crippen MR) is 91.9 cm³/mol. The zero-order valence-electron chi connectivity index (χ0n) is 14.0. The molecule has 0 unspecified atom stereocenters. The summed E-state index contributed by atoms with van der Waals surface area (Å²) in [6.45, 7) is 6.28. The molecule has 0 saturated carbocycles. The maximum absolute atomic E-state index is 12.5. The standard InChI is InChI=1S/C16H22N4O4.ClH/c1-2-5-19-14(22)15(23)20(16(19)24)10-13(21)18-6-3-11-8-17-9-12(11)4-7-18;/h2,11-12,17H,1,3-10H2;1H/t11-,12+;. The van der Waals surface area contributed by atoms with Crippen LogP contribution in [-0.2, 0) is 14.4 Å². The number of hydrogen-bond donors (Lipinski definition) is 1. The number of likely N-dealkylation sites (tertiary alicyclic amines) is 1. The van der Waals surface area contributed by atoms with Crippen LogP contribution in [0.15, 0.2) is 12.7 Å². The van der Waals surface area contributed by atoms with Crippen molar-refractivity contribution in [3.8, 4) is 0 Å². The lowest BCUT2D eigenvalue weighted by molar-refractivity contribution is -0.144. The highest BCUT2D eigenvalue weighted by molar-refractivity contribution is 6.45. The number of rotatable bonds is 4. The summed E-state index contributed by atoms with van der Waals surface area (Å²) in [5, 5.41) is 3.38. The largest absolute Gasteiger partial charge is 0.341 e. The van der Waals surface area contributed by atoms with Crippen LogP contribution in [0.1, 0.15) is 12.8 Å². The number of amides is 5. The number of hydrogen-bond acceptors (Lipinski definition) is 5. The molecule has 3 aliphatic heterocycles. The molecule has 9 heteroatoms. The second-order valence-electron chi connectivity index (χ2n) is 6.51. The van der Waals surface area contributed by atoms with E-state index in [-0.39, 0.29) is 31.4 Å². The summed E-state index contributed by atoms with van der Waals surface area (Å²) in [6, 6.07) is -0.742. The Morgan fingerprint density at radius 1 is 1.08 bits per heavy atom. The van der Waals surface area contributed by atoms with E-state index in [0.29, 0.717) is 24.9 Å². The van der Waals surface area contributed by atoms with Crippen LogP contribution in [0.3, 0.4) is 0 Å². The first-order valence-electron chi connectivity index (χ1n) is 8.29. The highest BCUT2D eigenvalue weighted by atomic mass is 35.5. The Labute approximate surface area is 152 Å². The van der Waals surface area contributed by atoms with Crippen molar-refractivity contribution >= 4 is 36.2 Å². The van der Waals surface area contributed by atoms with Gasteiger partial charge in [0, 0.05) is 19.6 Å². The molecule has 0 bridgehead atoms. The van der Waals surface area contributed by atoms with E-state index in [1.807, 2.05) is 0 Å². The summed E-state index contributed by atoms with van der Waals surface area (Å²) in [6.07, 6.45) is 3.22. The summed E-state index contributed by atoms with van der Waals surface area (Å²) in [5.74, 6) is -0.946. The molecule has 0 radical (unpaired) electrons. The number of nitrogens with one attached hydrogen (secondary N) is 1. The second-order valence-corrected chi connectivity index (χ2v) is 6.51. The molecule has 0 aromatic heterocycles. The van der Waals surface area contributed by atoms with Crippen molar-refractivity contribution in [1.29, 1.82) is 0 Å². The van der Waals surface area contributed by atoms with Crippen LogP contribution in [0, 0.1) is 11.8 Å². The summed E-state index contributed by atoms with van der Waals surface area (Å²) < 4.78 is 0. The van der Waals surface area contributed by atoms with E-state index in [0.717, 1.165) is 35.7 Å². The first kappa shape index (κ1) is 19.4. The average molecular weight is 371 g/mol. The van der Waals surface area contributed by atoms with Crippen molar-refractivity contribution in [2.45, 2.75) is 12.8 Å². The van der Waals surface area contributed by atoms with Gasteiger partial charge < -0.3 is 10.2 Å². The van der Waals surface area contributed by atoms with Gasteiger partial charge in [-0.1, -0.05) is 6.08 Å². The average Bonchev–Trinajstić information content (AvgIpc) is 3.01. The Balaban J connectivity index is 0.00000225. The smallest absolute Gasteiger partial charge is 0.335 e. The van der Waals surface area contributed by atoms with Crippen LogP contribution in [0.25, 0.3) is 0 Å². The monoisotopic (exact) mass is 370 g/mol. The third kappa shape index (κ3) is 3.69. The Morgan fingerprint density at radius 3 is 2.20 bits per heavy atom. The number of halogens is 1. The van der Waals surface area contributed by atoms with Crippen molar-refractivity contribution in [3.63, 3.8) is 0 Å². The van der Waals surface area contributed by atoms with Crippen molar-refractivity contribution in [1.82, 2.24) is 20.0 Å². The van der Waals surface area contributed by atoms with Gasteiger partial charge in [-0.3, -0.25) is 19.3 Å². The molecule has 2 atom stereocenters. The van der Waals surface area contributed by atoms with E-state index < -0.39 is 17.8 Å². The summed E-state index contributed by atoms with van der Waals surface area (Å²) in [4.78, 5) is 51.6. The fourth-order valence-electron chi connectivity index (χ4n) is 3.68. The number of fused-ring (bicyclic) bond motifs is 1. The minimum atomic E-state index is -0.939. The minimum Gasteiger partial charge on any atom is -0.341 e. The maximum Gasteiger partial charge on any atom is 0.335 e. The van der Waals surface area contributed by atoms with E-state index in [1.54, 1.807) is 4.90 Å². The van der Waals surface area contributed by atoms with Crippen LogP contribution in [0.5, 0.6) is 0 Å². The van der Waals surface area contributed by atoms with Gasteiger partial charge in [0.15, 0.2) is 0 Å². The van der Waals surface area contributed by atoms with Crippen LogP contribution < -0.4 is 5.32 Å². The molecule has 8 nitrogen and oxygen atoms in total. The quantitative estimate of drug-likeness (QED) is 0.422. The SMILES string of the molecule is C=CCN1C(=O)C(=O)N(CC(=O)N2CC[C@@H]3CNC[C@@H]3CC2)C1=O.Cl. The zero-order valence-corrected chi connectivity index (χ0v) is 14.8. The van der Waals surface area contributed by atoms with Crippen LogP contribution in [0.4, 0.5) is 4.79 Å². The van der Waals surface area contributed by atoms with Gasteiger partial charge in [0.05, 0.1) is 0 Å². The number of carbonyl (C=O) groups excluding carboxylic acids is 4. The fraction of sp³-hybridized carbons (Fsp3) is 0.625. The van der Waals surface area contributed by atoms with E-state index in [9.17, 15) is 19.2 Å². The van der Waals surface area contributed by atoms with Crippen molar-refractivity contribution in [2.75, 3.05) is 39.3 Å². The molecule has 0 aromatic rings. The molecular formula is C16H23ClN4O4. The summed E-state index contributed by atoms with van der Waals surface area (Å²) >= 11 is 0. The van der Waals surface area contributed by atoms with Crippen LogP contribution in [-0.4, -0.2) is 77.7 Å². The van der Waals surface area contributed by atoms with Gasteiger partial charge in [-0.25, -0.2) is 9.69 Å². The van der Waals surface area contributed by atoms with Gasteiger partial charge in [0.1, 0.15) is 6.54 Å². The minimum absolute atomic E-state index is 0. The lowest BCUT2D eigenvalue weighted by Crippen LogP contribution is -2.44. The first-order chi connectivity index (χ1) is 11.5. The highest BCUT2D eigenvalue weighted by Gasteiger charge is 2.45. The van der Waals surface area contributed by atoms with Crippen LogP contribution in [0.2, 0.25) is 0 Å².